The summed E-state index contributed by atoms with van der Waals surface area (Å²) in [5, 5.41) is 27.7. The number of hydrogen-bond donors (Lipinski definition) is 9. The van der Waals surface area contributed by atoms with E-state index in [0.29, 0.717) is 19.3 Å². The number of carbonyl (C=O) groups is 5. The number of alkyl carbamates (subject to hydrolysis) is 1. The molecule has 0 unspecified atom stereocenters. The van der Waals surface area contributed by atoms with Crippen molar-refractivity contribution in [2.45, 2.75) is 83.1 Å². The molecule has 17 heteroatoms. The number of nitrogens with zero attached hydrogens (tertiary/aromatic N) is 1. The lowest BCUT2D eigenvalue weighted by atomic mass is 10.0. The molecule has 48 heavy (non-hydrogen) atoms. The molecule has 1 heterocycles. The van der Waals surface area contributed by atoms with Crippen LogP contribution in [0, 0.1) is 16.7 Å². The van der Waals surface area contributed by atoms with Crippen molar-refractivity contribution >= 4 is 41.5 Å². The second-order valence-electron chi connectivity index (χ2n) is 11.8. The zero-order valence-corrected chi connectivity index (χ0v) is 27.5. The third-order valence-electron chi connectivity index (χ3n) is 7.70. The van der Waals surface area contributed by atoms with E-state index in [9.17, 15) is 28.4 Å². The number of Topliss-reactive ketones (excluding diaryl/α,β-unsaturated/α-hetero) is 1. The van der Waals surface area contributed by atoms with Gasteiger partial charge in [-0.15, -0.1) is 0 Å². The predicted octanol–water partition coefficient (Wildman–Crippen LogP) is -0.0369. The minimum atomic E-state index is -1.29. The largest absolute Gasteiger partial charge is 0.445 e. The number of likely N-dealkylation sites (tertiary alicyclic amines) is 1. The van der Waals surface area contributed by atoms with Gasteiger partial charge in [0.2, 0.25) is 17.7 Å². The quantitative estimate of drug-likeness (QED) is 0.0537. The number of guanidine groups is 2. The predicted molar refractivity (Wildman–Crippen MR) is 176 cm³/mol. The lowest BCUT2D eigenvalue weighted by Crippen LogP contribution is -2.58. The van der Waals surface area contributed by atoms with E-state index in [1.807, 2.05) is 6.07 Å². The van der Waals surface area contributed by atoms with E-state index >= 15 is 0 Å². The van der Waals surface area contributed by atoms with E-state index < -0.39 is 60.4 Å². The molecule has 16 nitrogen and oxygen atoms in total. The zero-order chi connectivity index (χ0) is 35.6. The molecule has 1 aliphatic rings. The fourth-order valence-corrected chi connectivity index (χ4v) is 5.18. The Balaban J connectivity index is 2.15. The van der Waals surface area contributed by atoms with Crippen LogP contribution in [0.25, 0.3) is 0 Å². The first kappa shape index (κ1) is 39.2. The number of amides is 4. The average Bonchev–Trinajstić information content (AvgIpc) is 3.55. The number of carbonyl (C=O) groups excluding carboxylic acids is 5. The van der Waals surface area contributed by atoms with Gasteiger partial charge in [0, 0.05) is 19.6 Å². The highest BCUT2D eigenvalue weighted by atomic mass is 19.1. The summed E-state index contributed by atoms with van der Waals surface area (Å²) in [6.45, 7) is 2.84. The smallest absolute Gasteiger partial charge is 0.408 e. The van der Waals surface area contributed by atoms with Crippen LogP contribution >= 0.6 is 0 Å². The molecule has 266 valence electrons. The summed E-state index contributed by atoms with van der Waals surface area (Å²) in [5.41, 5.74) is 11.4. The van der Waals surface area contributed by atoms with Crippen molar-refractivity contribution in [1.29, 1.82) is 10.8 Å². The summed E-state index contributed by atoms with van der Waals surface area (Å²) in [4.78, 5) is 66.9. The summed E-state index contributed by atoms with van der Waals surface area (Å²) in [6.07, 6.45) is 0.796. The Morgan fingerprint density at radius 3 is 2.10 bits per heavy atom. The highest BCUT2D eigenvalue weighted by Crippen LogP contribution is 2.21. The fourth-order valence-electron chi connectivity index (χ4n) is 5.18. The van der Waals surface area contributed by atoms with Gasteiger partial charge in [-0.05, 0) is 50.0 Å². The van der Waals surface area contributed by atoms with E-state index in [1.54, 1.807) is 38.1 Å². The number of alkyl halides is 1. The Hall–Kier alpha value is -4.96. The summed E-state index contributed by atoms with van der Waals surface area (Å²) >= 11 is 0. The number of nitrogens with one attached hydrogen (secondary N) is 7. The van der Waals surface area contributed by atoms with E-state index in [2.05, 4.69) is 26.6 Å². The maximum Gasteiger partial charge on any atom is 0.408 e. The molecule has 1 saturated heterocycles. The third-order valence-corrected chi connectivity index (χ3v) is 7.70. The molecule has 1 aromatic rings. The van der Waals surface area contributed by atoms with Crippen LogP contribution in [-0.4, -0.2) is 96.9 Å². The average molecular weight is 677 g/mol. The number of rotatable bonds is 19. The van der Waals surface area contributed by atoms with Gasteiger partial charge in [0.25, 0.3) is 0 Å². The van der Waals surface area contributed by atoms with E-state index in [0.717, 1.165) is 5.56 Å². The van der Waals surface area contributed by atoms with Crippen LogP contribution in [0.4, 0.5) is 9.18 Å². The maximum absolute atomic E-state index is 13.9. The van der Waals surface area contributed by atoms with Crippen molar-refractivity contribution in [3.63, 3.8) is 0 Å². The van der Waals surface area contributed by atoms with Gasteiger partial charge in [-0.1, -0.05) is 44.2 Å². The minimum Gasteiger partial charge on any atom is -0.445 e. The molecule has 0 aromatic heterocycles. The molecule has 4 atom stereocenters. The summed E-state index contributed by atoms with van der Waals surface area (Å²) in [5.74, 6) is -3.52. The summed E-state index contributed by atoms with van der Waals surface area (Å²) in [6, 6.07) is 4.74. The number of benzene rings is 1. The molecule has 0 radical (unpaired) electrons. The second kappa shape index (κ2) is 20.3. The van der Waals surface area contributed by atoms with Crippen molar-refractivity contribution in [2.24, 2.45) is 17.4 Å². The van der Waals surface area contributed by atoms with Gasteiger partial charge in [0.15, 0.2) is 17.7 Å². The first-order chi connectivity index (χ1) is 22.8. The number of ether oxygens (including phenoxy) is 1. The van der Waals surface area contributed by atoms with Crippen molar-refractivity contribution in [2.75, 3.05) is 26.3 Å². The standard InChI is InChI=1S/C31H49FN10O6/c1-19(2)25(41-31(47)48-18-20-9-4-3-5-10-20)27(45)40-22(12-7-15-38-30(35)36)28(46)42-16-8-13-23(42)26(44)39-21(24(43)17-32)11-6-14-37-29(33)34/h3-5,9-10,19,21-23,25H,6-8,11-18H2,1-2H3,(H,39,44)(H,40,45)(H,41,47)(H4,33,34,37)(H4,35,36,38)/t21-,22-,23-,25-/m0/s1. The SMILES string of the molecule is CC(C)[C@H](NC(=O)OCc1ccccc1)C(=O)N[C@@H](CCCNC(=N)N)C(=O)N1CCC[C@H]1C(=O)N[C@@H](CCCNC(=N)N)C(=O)CF. The van der Waals surface area contributed by atoms with Crippen LogP contribution in [0.1, 0.15) is 57.9 Å². The third kappa shape index (κ3) is 13.4. The number of ketones is 1. The molecule has 1 aliphatic heterocycles. The molecule has 0 bridgehead atoms. The molecule has 0 saturated carbocycles. The monoisotopic (exact) mass is 676 g/mol. The first-order valence-electron chi connectivity index (χ1n) is 16.0. The zero-order valence-electron chi connectivity index (χ0n) is 27.5. The highest BCUT2D eigenvalue weighted by molar-refractivity contribution is 5.96. The van der Waals surface area contributed by atoms with Gasteiger partial charge in [0.1, 0.15) is 31.4 Å². The van der Waals surface area contributed by atoms with Crippen molar-refractivity contribution in [3.05, 3.63) is 35.9 Å². The highest BCUT2D eigenvalue weighted by Gasteiger charge is 2.39. The first-order valence-corrected chi connectivity index (χ1v) is 16.0. The molecule has 4 amide bonds. The molecule has 0 aliphatic carbocycles. The summed E-state index contributed by atoms with van der Waals surface area (Å²) in [7, 11) is 0. The molecule has 2 rings (SSSR count). The Morgan fingerprint density at radius 1 is 0.938 bits per heavy atom. The maximum atomic E-state index is 13.9. The lowest BCUT2D eigenvalue weighted by Gasteiger charge is -2.31. The van der Waals surface area contributed by atoms with Crippen molar-refractivity contribution in [1.82, 2.24) is 31.5 Å². The molecular formula is C31H49FN10O6. The van der Waals surface area contributed by atoms with Crippen LogP contribution in [0.5, 0.6) is 0 Å². The lowest BCUT2D eigenvalue weighted by molar-refractivity contribution is -0.142. The summed E-state index contributed by atoms with van der Waals surface area (Å²) < 4.78 is 18.6. The van der Waals surface area contributed by atoms with Crippen molar-refractivity contribution in [3.8, 4) is 0 Å². The number of nitrogens with two attached hydrogens (primary N) is 2. The van der Waals surface area contributed by atoms with Crippen LogP contribution in [0.2, 0.25) is 0 Å². The van der Waals surface area contributed by atoms with Crippen LogP contribution in [-0.2, 0) is 30.5 Å². The minimum absolute atomic E-state index is 0.00509. The van der Waals surface area contributed by atoms with Crippen LogP contribution in [0.3, 0.4) is 0 Å². The normalized spacial score (nSPS) is 15.8. The van der Waals surface area contributed by atoms with Gasteiger partial charge >= 0.3 is 6.09 Å². The Bertz CT molecular complexity index is 1270. The van der Waals surface area contributed by atoms with Crippen LogP contribution < -0.4 is 38.1 Å². The van der Waals surface area contributed by atoms with E-state index in [1.165, 1.54) is 4.90 Å². The molecule has 0 spiro atoms. The van der Waals surface area contributed by atoms with Gasteiger partial charge in [-0.3, -0.25) is 30.0 Å². The second-order valence-corrected chi connectivity index (χ2v) is 11.8. The molecule has 1 aromatic carbocycles. The van der Waals surface area contributed by atoms with Crippen molar-refractivity contribution < 1.29 is 33.1 Å². The Kier molecular flexibility index (Phi) is 16.6. The van der Waals surface area contributed by atoms with E-state index in [-0.39, 0.29) is 63.3 Å². The molecular weight excluding hydrogens is 627 g/mol. The molecule has 1 fully saturated rings. The van der Waals surface area contributed by atoms with E-state index in [4.69, 9.17) is 27.0 Å². The van der Waals surface area contributed by atoms with Gasteiger partial charge in [0.05, 0.1) is 6.04 Å². The van der Waals surface area contributed by atoms with Gasteiger partial charge in [-0.25, -0.2) is 9.18 Å². The topological polar surface area (TPSA) is 258 Å². The van der Waals surface area contributed by atoms with Gasteiger partial charge in [-0.2, -0.15) is 0 Å². The number of hydrogen-bond acceptors (Lipinski definition) is 8. The number of halogens is 1. The van der Waals surface area contributed by atoms with Gasteiger partial charge < -0.3 is 47.7 Å². The van der Waals surface area contributed by atoms with Crippen LogP contribution in [0.15, 0.2) is 30.3 Å². The Labute approximate surface area is 279 Å². The Morgan fingerprint density at radius 2 is 1.54 bits per heavy atom. The fraction of sp³-hybridized carbons (Fsp3) is 0.581. The molecule has 11 N–H and O–H groups in total.